The topological polar surface area (TPSA) is 74.6 Å². The molecule has 0 heterocycles. The smallest absolute Gasteiger partial charge is 0.303 e. The predicted octanol–water partition coefficient (Wildman–Crippen LogP) is 0.312. The highest BCUT2D eigenvalue weighted by Gasteiger charge is 1.98. The molecule has 0 amide bonds. The Hall–Kier alpha value is -0.528. The molecule has 76 valence electrons. The first-order chi connectivity index (χ1) is 5.63. The standard InChI is InChI=1S/C8H14O4.Al.3H/c9-7(10)5-3-1-2-4-6-8(11)12;;;;/h1-6H2,(H,9,10)(H,11,12);;;;. The number of unbranched alkanes of at least 4 members (excludes halogenated alkanes) is 3. The SMILES string of the molecule is O=C(O)CCCCCCC(=O)O.[AlH3]. The fraction of sp³-hybridized carbons (Fsp3) is 0.750. The van der Waals surface area contributed by atoms with E-state index in [1.165, 1.54) is 0 Å². The van der Waals surface area contributed by atoms with E-state index in [1.807, 2.05) is 0 Å². The molecule has 0 aromatic heterocycles. The van der Waals surface area contributed by atoms with Gasteiger partial charge in [0.2, 0.25) is 0 Å². The van der Waals surface area contributed by atoms with Crippen LogP contribution in [-0.2, 0) is 9.59 Å². The van der Waals surface area contributed by atoms with Gasteiger partial charge in [0.05, 0.1) is 0 Å². The van der Waals surface area contributed by atoms with Crippen LogP contribution in [0.2, 0.25) is 0 Å². The summed E-state index contributed by atoms with van der Waals surface area (Å²) in [6, 6.07) is 0. The van der Waals surface area contributed by atoms with Gasteiger partial charge in [-0.15, -0.1) is 0 Å². The molecule has 0 aliphatic rings. The van der Waals surface area contributed by atoms with E-state index in [1.54, 1.807) is 0 Å². The van der Waals surface area contributed by atoms with Crippen molar-refractivity contribution in [3.05, 3.63) is 0 Å². The molecular formula is C8H17AlO4. The summed E-state index contributed by atoms with van der Waals surface area (Å²) in [6.45, 7) is 0. The van der Waals surface area contributed by atoms with Gasteiger partial charge in [-0.2, -0.15) is 0 Å². The van der Waals surface area contributed by atoms with E-state index in [0.29, 0.717) is 12.8 Å². The Kier molecular flexibility index (Phi) is 11.0. The highest BCUT2D eigenvalue weighted by atomic mass is 27.0. The lowest BCUT2D eigenvalue weighted by atomic mass is 10.1. The summed E-state index contributed by atoms with van der Waals surface area (Å²) in [4.78, 5) is 20.1. The van der Waals surface area contributed by atoms with Crippen LogP contribution in [0.25, 0.3) is 0 Å². The minimum Gasteiger partial charge on any atom is -0.481 e. The normalized spacial score (nSPS) is 8.92. The maximum atomic E-state index is 10.0. The number of hydrogen-bond donors (Lipinski definition) is 2. The Labute approximate surface area is 88.1 Å². The van der Waals surface area contributed by atoms with Gasteiger partial charge in [-0.05, 0) is 12.8 Å². The molecule has 0 saturated carbocycles. The van der Waals surface area contributed by atoms with Crippen molar-refractivity contribution in [1.29, 1.82) is 0 Å². The molecule has 0 radical (unpaired) electrons. The molecule has 13 heavy (non-hydrogen) atoms. The van der Waals surface area contributed by atoms with Crippen molar-refractivity contribution < 1.29 is 19.8 Å². The van der Waals surface area contributed by atoms with Crippen LogP contribution in [0.4, 0.5) is 0 Å². The van der Waals surface area contributed by atoms with E-state index in [2.05, 4.69) is 0 Å². The lowest BCUT2D eigenvalue weighted by Crippen LogP contribution is -1.95. The minimum absolute atomic E-state index is 0. The third-order valence-electron chi connectivity index (χ3n) is 1.53. The third-order valence-corrected chi connectivity index (χ3v) is 1.53. The summed E-state index contributed by atoms with van der Waals surface area (Å²) in [6.07, 6.45) is 3.28. The zero-order chi connectivity index (χ0) is 9.40. The summed E-state index contributed by atoms with van der Waals surface area (Å²) in [5, 5.41) is 16.5. The monoisotopic (exact) mass is 204 g/mol. The van der Waals surface area contributed by atoms with E-state index < -0.39 is 11.9 Å². The molecule has 0 saturated heterocycles. The van der Waals surface area contributed by atoms with Crippen molar-refractivity contribution in [2.75, 3.05) is 0 Å². The van der Waals surface area contributed by atoms with Gasteiger partial charge in [0.15, 0.2) is 17.4 Å². The van der Waals surface area contributed by atoms with Gasteiger partial charge in [-0.1, -0.05) is 12.8 Å². The molecule has 0 atom stereocenters. The molecule has 2 N–H and O–H groups in total. The van der Waals surface area contributed by atoms with Gasteiger partial charge in [-0.25, -0.2) is 0 Å². The molecule has 0 aliphatic carbocycles. The maximum Gasteiger partial charge on any atom is 0.303 e. The van der Waals surface area contributed by atoms with Crippen molar-refractivity contribution in [2.24, 2.45) is 0 Å². The Bertz CT molecular complexity index is 140. The molecule has 0 bridgehead atoms. The highest BCUT2D eigenvalue weighted by Crippen LogP contribution is 2.04. The van der Waals surface area contributed by atoms with Gasteiger partial charge < -0.3 is 10.2 Å². The molecule has 0 aliphatic heterocycles. The van der Waals surface area contributed by atoms with Gasteiger partial charge in [0, 0.05) is 12.8 Å². The quantitative estimate of drug-likeness (QED) is 0.462. The summed E-state index contributed by atoms with van der Waals surface area (Å²) < 4.78 is 0. The zero-order valence-corrected chi connectivity index (χ0v) is 6.95. The van der Waals surface area contributed by atoms with Crippen LogP contribution in [0, 0.1) is 0 Å². The number of carbonyl (C=O) groups is 2. The van der Waals surface area contributed by atoms with Crippen LogP contribution in [0.3, 0.4) is 0 Å². The third kappa shape index (κ3) is 14.3. The maximum absolute atomic E-state index is 10.0. The lowest BCUT2D eigenvalue weighted by Gasteiger charge is -1.96. The molecule has 0 aromatic rings. The number of carboxylic acids is 2. The highest BCUT2D eigenvalue weighted by molar-refractivity contribution is 5.75. The van der Waals surface area contributed by atoms with Crippen molar-refractivity contribution >= 4 is 29.3 Å². The lowest BCUT2D eigenvalue weighted by molar-refractivity contribution is -0.138. The second kappa shape index (κ2) is 9.56. The Balaban J connectivity index is 0. The van der Waals surface area contributed by atoms with Gasteiger partial charge in [-0.3, -0.25) is 9.59 Å². The van der Waals surface area contributed by atoms with Crippen molar-refractivity contribution in [3.63, 3.8) is 0 Å². The van der Waals surface area contributed by atoms with E-state index in [-0.39, 0.29) is 30.2 Å². The molecule has 0 aromatic carbocycles. The van der Waals surface area contributed by atoms with Crippen LogP contribution in [0.1, 0.15) is 38.5 Å². The van der Waals surface area contributed by atoms with E-state index in [4.69, 9.17) is 10.2 Å². The zero-order valence-electron chi connectivity index (χ0n) is 6.95. The largest absolute Gasteiger partial charge is 0.481 e. The first-order valence-electron chi connectivity index (χ1n) is 4.06. The minimum atomic E-state index is -0.784. The Morgan fingerprint density at radius 3 is 1.31 bits per heavy atom. The van der Waals surface area contributed by atoms with Crippen molar-refractivity contribution in [3.8, 4) is 0 Å². The van der Waals surface area contributed by atoms with Crippen LogP contribution in [0.15, 0.2) is 0 Å². The molecule has 4 nitrogen and oxygen atoms in total. The second-order valence-electron chi connectivity index (χ2n) is 2.70. The summed E-state index contributed by atoms with van der Waals surface area (Å²) >= 11 is 0. The molecule has 0 unspecified atom stereocenters. The number of carboxylic acid groups (broad SMARTS) is 2. The number of rotatable bonds is 7. The fourth-order valence-corrected chi connectivity index (χ4v) is 0.906. The van der Waals surface area contributed by atoms with Crippen molar-refractivity contribution in [2.45, 2.75) is 38.5 Å². The molecule has 0 rings (SSSR count). The molecule has 0 fully saturated rings. The molecular weight excluding hydrogens is 187 g/mol. The number of aliphatic carboxylic acids is 2. The van der Waals surface area contributed by atoms with Crippen molar-refractivity contribution in [1.82, 2.24) is 0 Å². The average Bonchev–Trinajstić information content (AvgIpc) is 1.95. The van der Waals surface area contributed by atoms with E-state index in [9.17, 15) is 9.59 Å². The second-order valence-corrected chi connectivity index (χ2v) is 2.70. The summed E-state index contributed by atoms with van der Waals surface area (Å²) in [5.74, 6) is -1.57. The summed E-state index contributed by atoms with van der Waals surface area (Å²) in [5.41, 5.74) is 0. The van der Waals surface area contributed by atoms with Gasteiger partial charge in [0.1, 0.15) is 0 Å². The fourth-order valence-electron chi connectivity index (χ4n) is 0.906. The molecule has 5 heteroatoms. The summed E-state index contributed by atoms with van der Waals surface area (Å²) in [7, 11) is 0. The number of hydrogen-bond acceptors (Lipinski definition) is 2. The first-order valence-corrected chi connectivity index (χ1v) is 4.06. The Morgan fingerprint density at radius 1 is 0.769 bits per heavy atom. The van der Waals surface area contributed by atoms with Crippen LogP contribution < -0.4 is 0 Å². The van der Waals surface area contributed by atoms with E-state index >= 15 is 0 Å². The van der Waals surface area contributed by atoms with Crippen LogP contribution in [0.5, 0.6) is 0 Å². The predicted molar refractivity (Wildman–Crippen MR) is 52.9 cm³/mol. The van der Waals surface area contributed by atoms with Crippen LogP contribution in [-0.4, -0.2) is 39.5 Å². The van der Waals surface area contributed by atoms with Gasteiger partial charge in [0.25, 0.3) is 0 Å². The van der Waals surface area contributed by atoms with Gasteiger partial charge >= 0.3 is 11.9 Å². The van der Waals surface area contributed by atoms with E-state index in [0.717, 1.165) is 12.8 Å². The molecule has 0 spiro atoms. The van der Waals surface area contributed by atoms with Crippen LogP contribution >= 0.6 is 0 Å². The first kappa shape index (κ1) is 15.0. The Morgan fingerprint density at radius 2 is 1.08 bits per heavy atom. The average molecular weight is 204 g/mol.